The summed E-state index contributed by atoms with van der Waals surface area (Å²) in [5.41, 5.74) is 2.81. The van der Waals surface area contributed by atoms with Crippen LogP contribution in [-0.2, 0) is 11.2 Å². The van der Waals surface area contributed by atoms with Gasteiger partial charge in [-0.05, 0) is 48.4 Å². The number of carbonyl (C=O) groups excluding carboxylic acids is 1. The van der Waals surface area contributed by atoms with Crippen LogP contribution in [0, 0.1) is 5.92 Å². The van der Waals surface area contributed by atoms with E-state index >= 15 is 0 Å². The Labute approximate surface area is 96.6 Å². The number of rotatable bonds is 3. The third-order valence-electron chi connectivity index (χ3n) is 3.44. The van der Waals surface area contributed by atoms with Gasteiger partial charge < -0.3 is 4.74 Å². The summed E-state index contributed by atoms with van der Waals surface area (Å²) < 4.78 is 5.41. The molecule has 16 heavy (non-hydrogen) atoms. The molecule has 2 unspecified atom stereocenters. The van der Waals surface area contributed by atoms with Crippen molar-refractivity contribution in [3.05, 3.63) is 29.3 Å². The van der Waals surface area contributed by atoms with Gasteiger partial charge in [-0.15, -0.1) is 0 Å². The molecular formula is C14H18O2. The highest BCUT2D eigenvalue weighted by atomic mass is 16.5. The Bertz CT molecular complexity index is 409. The Morgan fingerprint density at radius 1 is 1.44 bits per heavy atom. The van der Waals surface area contributed by atoms with E-state index in [1.807, 2.05) is 6.07 Å². The molecule has 0 spiro atoms. The first-order valence-corrected chi connectivity index (χ1v) is 5.83. The lowest BCUT2D eigenvalue weighted by molar-refractivity contribution is -0.118. The van der Waals surface area contributed by atoms with Gasteiger partial charge in [-0.1, -0.05) is 19.9 Å². The van der Waals surface area contributed by atoms with E-state index in [1.54, 1.807) is 0 Å². The minimum Gasteiger partial charge on any atom is -0.486 e. The minimum atomic E-state index is 0.0576. The molecule has 0 aromatic heterocycles. The van der Waals surface area contributed by atoms with Crippen LogP contribution in [0.15, 0.2) is 18.2 Å². The molecule has 0 saturated heterocycles. The summed E-state index contributed by atoms with van der Waals surface area (Å²) in [5.74, 6) is 2.22. The van der Waals surface area contributed by atoms with Gasteiger partial charge >= 0.3 is 0 Å². The number of hydrogen-bond donors (Lipinski definition) is 0. The number of fused-ring (bicyclic) bond motifs is 1. The van der Waals surface area contributed by atoms with Crippen LogP contribution in [0.3, 0.4) is 0 Å². The van der Waals surface area contributed by atoms with Crippen LogP contribution >= 0.6 is 0 Å². The summed E-state index contributed by atoms with van der Waals surface area (Å²) in [4.78, 5) is 10.8. The Morgan fingerprint density at radius 2 is 2.19 bits per heavy atom. The topological polar surface area (TPSA) is 26.3 Å². The van der Waals surface area contributed by atoms with Gasteiger partial charge in [0.25, 0.3) is 0 Å². The van der Waals surface area contributed by atoms with Crippen molar-refractivity contribution in [3.63, 3.8) is 0 Å². The van der Waals surface area contributed by atoms with Crippen LogP contribution in [0.4, 0.5) is 0 Å². The molecule has 0 saturated carbocycles. The molecule has 2 atom stereocenters. The molecule has 0 N–H and O–H groups in total. The van der Waals surface area contributed by atoms with Crippen molar-refractivity contribution < 1.29 is 9.53 Å². The molecule has 0 radical (unpaired) electrons. The standard InChI is InChI=1S/C14H18O2/c1-9-6-12-7-13(16-8-10(2)15)4-5-14(12)11(9)3/h4-5,7,9,11H,6,8H2,1-3H3. The third-order valence-corrected chi connectivity index (χ3v) is 3.44. The van der Waals surface area contributed by atoms with E-state index < -0.39 is 0 Å². The molecule has 2 heteroatoms. The summed E-state index contributed by atoms with van der Waals surface area (Å²) in [5, 5.41) is 0. The van der Waals surface area contributed by atoms with E-state index in [2.05, 4.69) is 26.0 Å². The van der Waals surface area contributed by atoms with Crippen LogP contribution in [0.5, 0.6) is 5.75 Å². The summed E-state index contributed by atoms with van der Waals surface area (Å²) in [6, 6.07) is 6.19. The second-order valence-corrected chi connectivity index (χ2v) is 4.82. The molecule has 2 rings (SSSR count). The molecule has 0 aliphatic heterocycles. The van der Waals surface area contributed by atoms with Crippen molar-refractivity contribution in [3.8, 4) is 5.75 Å². The van der Waals surface area contributed by atoms with Gasteiger partial charge in [0, 0.05) is 0 Å². The number of Topliss-reactive ketones (excluding diaryl/α,β-unsaturated/α-hetero) is 1. The summed E-state index contributed by atoms with van der Waals surface area (Å²) in [6.45, 7) is 6.26. The van der Waals surface area contributed by atoms with Crippen molar-refractivity contribution in [2.45, 2.75) is 33.1 Å². The van der Waals surface area contributed by atoms with E-state index in [4.69, 9.17) is 4.74 Å². The summed E-state index contributed by atoms with van der Waals surface area (Å²) >= 11 is 0. The molecule has 0 bridgehead atoms. The normalized spacial score (nSPS) is 22.9. The van der Waals surface area contributed by atoms with Gasteiger partial charge in [0.2, 0.25) is 0 Å². The molecule has 1 aliphatic rings. The number of benzene rings is 1. The predicted octanol–water partition coefficient (Wildman–Crippen LogP) is 2.95. The number of hydrogen-bond acceptors (Lipinski definition) is 2. The molecule has 0 heterocycles. The molecule has 0 amide bonds. The Morgan fingerprint density at radius 3 is 2.88 bits per heavy atom. The van der Waals surface area contributed by atoms with E-state index in [-0.39, 0.29) is 12.4 Å². The van der Waals surface area contributed by atoms with Crippen molar-refractivity contribution in [2.24, 2.45) is 5.92 Å². The Kier molecular flexibility index (Phi) is 2.99. The average Bonchev–Trinajstić information content (AvgIpc) is 2.52. The largest absolute Gasteiger partial charge is 0.486 e. The van der Waals surface area contributed by atoms with E-state index in [1.165, 1.54) is 18.1 Å². The van der Waals surface area contributed by atoms with Crippen molar-refractivity contribution in [1.29, 1.82) is 0 Å². The van der Waals surface area contributed by atoms with Crippen LogP contribution in [0.2, 0.25) is 0 Å². The smallest absolute Gasteiger partial charge is 0.167 e. The molecule has 1 aromatic carbocycles. The van der Waals surface area contributed by atoms with Gasteiger partial charge in [-0.25, -0.2) is 0 Å². The monoisotopic (exact) mass is 218 g/mol. The molecule has 1 aromatic rings. The SMILES string of the molecule is CC(=O)COc1ccc2c(c1)CC(C)C2C. The lowest BCUT2D eigenvalue weighted by Gasteiger charge is -2.09. The van der Waals surface area contributed by atoms with Crippen LogP contribution in [-0.4, -0.2) is 12.4 Å². The lowest BCUT2D eigenvalue weighted by Crippen LogP contribution is -2.06. The maximum atomic E-state index is 10.8. The van der Waals surface area contributed by atoms with Gasteiger partial charge in [0.15, 0.2) is 5.78 Å². The molecule has 0 fully saturated rings. The fourth-order valence-electron chi connectivity index (χ4n) is 2.31. The van der Waals surface area contributed by atoms with Crippen LogP contribution in [0.1, 0.15) is 37.8 Å². The molecular weight excluding hydrogens is 200 g/mol. The van der Waals surface area contributed by atoms with Gasteiger partial charge in [-0.3, -0.25) is 4.79 Å². The van der Waals surface area contributed by atoms with Crippen LogP contribution in [0.25, 0.3) is 0 Å². The zero-order chi connectivity index (χ0) is 11.7. The van der Waals surface area contributed by atoms with Gasteiger partial charge in [0.1, 0.15) is 12.4 Å². The predicted molar refractivity (Wildman–Crippen MR) is 63.9 cm³/mol. The van der Waals surface area contributed by atoms with Crippen molar-refractivity contribution in [1.82, 2.24) is 0 Å². The first-order chi connectivity index (χ1) is 7.58. The lowest BCUT2D eigenvalue weighted by atomic mass is 9.97. The van der Waals surface area contributed by atoms with E-state index in [0.717, 1.165) is 12.2 Å². The van der Waals surface area contributed by atoms with Crippen molar-refractivity contribution >= 4 is 5.78 Å². The zero-order valence-electron chi connectivity index (χ0n) is 10.1. The Balaban J connectivity index is 2.15. The highest BCUT2D eigenvalue weighted by Crippen LogP contribution is 2.38. The zero-order valence-corrected chi connectivity index (χ0v) is 10.1. The first-order valence-electron chi connectivity index (χ1n) is 5.83. The molecule has 2 nitrogen and oxygen atoms in total. The Hall–Kier alpha value is -1.31. The highest BCUT2D eigenvalue weighted by Gasteiger charge is 2.25. The average molecular weight is 218 g/mol. The fourth-order valence-corrected chi connectivity index (χ4v) is 2.31. The minimum absolute atomic E-state index is 0.0576. The maximum Gasteiger partial charge on any atom is 0.167 e. The van der Waals surface area contributed by atoms with Gasteiger partial charge in [0.05, 0.1) is 0 Å². The number of ether oxygens (including phenoxy) is 1. The summed E-state index contributed by atoms with van der Waals surface area (Å²) in [6.07, 6.45) is 1.12. The number of carbonyl (C=O) groups is 1. The molecule has 86 valence electrons. The second-order valence-electron chi connectivity index (χ2n) is 4.82. The third kappa shape index (κ3) is 2.11. The number of ketones is 1. The maximum absolute atomic E-state index is 10.8. The summed E-state index contributed by atoms with van der Waals surface area (Å²) in [7, 11) is 0. The van der Waals surface area contributed by atoms with Gasteiger partial charge in [-0.2, -0.15) is 0 Å². The first kappa shape index (κ1) is 11.2. The van der Waals surface area contributed by atoms with Crippen molar-refractivity contribution in [2.75, 3.05) is 6.61 Å². The molecule has 1 aliphatic carbocycles. The quantitative estimate of drug-likeness (QED) is 0.779. The second kappa shape index (κ2) is 4.28. The highest BCUT2D eigenvalue weighted by molar-refractivity contribution is 5.77. The van der Waals surface area contributed by atoms with Crippen LogP contribution < -0.4 is 4.74 Å². The van der Waals surface area contributed by atoms with E-state index in [9.17, 15) is 4.79 Å². The fraction of sp³-hybridized carbons (Fsp3) is 0.500. The van der Waals surface area contributed by atoms with E-state index in [0.29, 0.717) is 11.8 Å².